The van der Waals surface area contributed by atoms with E-state index in [0.717, 1.165) is 67.0 Å². The molecular formula is C37H44ClN7O2. The van der Waals surface area contributed by atoms with Gasteiger partial charge in [0.25, 0.3) is 0 Å². The van der Waals surface area contributed by atoms with E-state index < -0.39 is 0 Å². The van der Waals surface area contributed by atoms with Gasteiger partial charge in [0.2, 0.25) is 5.78 Å². The molecule has 1 unspecified atom stereocenters. The monoisotopic (exact) mass is 653 g/mol. The Morgan fingerprint density at radius 1 is 0.915 bits per heavy atom. The molecule has 0 saturated heterocycles. The fourth-order valence-corrected chi connectivity index (χ4v) is 6.10. The van der Waals surface area contributed by atoms with E-state index in [-0.39, 0.29) is 17.2 Å². The van der Waals surface area contributed by atoms with E-state index in [2.05, 4.69) is 76.5 Å². The summed E-state index contributed by atoms with van der Waals surface area (Å²) in [6, 6.07) is 24.3. The van der Waals surface area contributed by atoms with E-state index >= 15 is 0 Å². The third kappa shape index (κ3) is 7.87. The van der Waals surface area contributed by atoms with Crippen LogP contribution in [0.3, 0.4) is 0 Å². The van der Waals surface area contributed by atoms with Crippen molar-refractivity contribution in [3.63, 3.8) is 0 Å². The van der Waals surface area contributed by atoms with Crippen LogP contribution in [0.5, 0.6) is 0 Å². The Labute approximate surface area is 282 Å². The van der Waals surface area contributed by atoms with Gasteiger partial charge in [-0.2, -0.15) is 4.68 Å². The summed E-state index contributed by atoms with van der Waals surface area (Å²) in [6.07, 6.45) is 2.42. The fourth-order valence-electron chi connectivity index (χ4n) is 5.81. The Morgan fingerprint density at radius 2 is 1.60 bits per heavy atom. The number of rotatable bonds is 16. The van der Waals surface area contributed by atoms with Gasteiger partial charge >= 0.3 is 0 Å². The van der Waals surface area contributed by atoms with Gasteiger partial charge in [0.1, 0.15) is 11.5 Å². The summed E-state index contributed by atoms with van der Waals surface area (Å²) in [5, 5.41) is 12.7. The molecule has 2 aromatic heterocycles. The molecule has 5 aromatic rings. The van der Waals surface area contributed by atoms with E-state index in [1.54, 1.807) is 4.68 Å². The minimum absolute atomic E-state index is 0.121. The molecule has 1 atom stereocenters. The van der Waals surface area contributed by atoms with E-state index in [1.807, 2.05) is 60.9 Å². The molecule has 0 amide bonds. The highest BCUT2D eigenvalue weighted by Crippen LogP contribution is 2.32. The Bertz CT molecular complexity index is 1760. The molecule has 2 heterocycles. The van der Waals surface area contributed by atoms with Gasteiger partial charge in [0.05, 0.1) is 0 Å². The van der Waals surface area contributed by atoms with Crippen LogP contribution in [0.4, 0.5) is 0 Å². The van der Waals surface area contributed by atoms with Crippen LogP contribution in [-0.2, 0) is 24.2 Å². The number of hydrogen-bond acceptors (Lipinski definition) is 7. The molecule has 47 heavy (non-hydrogen) atoms. The topological polar surface area (TPSA) is 91.0 Å². The summed E-state index contributed by atoms with van der Waals surface area (Å²) in [5.74, 6) is 1.34. The second-order valence-electron chi connectivity index (χ2n) is 11.6. The molecule has 3 aromatic carbocycles. The standard InChI is InChI=1S/C37H44ClN7O2/c1-6-10-15-33-39-36(38)34(35(46)30-22-18-27(19-23-30)24-43(7-2)8-3)44(33)25-28-16-20-29(21-17-28)31-13-11-12-14-32(31)37-40-41-42-45(37)26(5)47-9-4/h11-14,16-23,26H,6-10,15,24-25H2,1-5H3. The average Bonchev–Trinajstić information content (AvgIpc) is 3.71. The van der Waals surface area contributed by atoms with Gasteiger partial charge in [0, 0.05) is 37.2 Å². The van der Waals surface area contributed by atoms with Crippen molar-refractivity contribution < 1.29 is 9.53 Å². The summed E-state index contributed by atoms with van der Waals surface area (Å²) in [6.45, 7) is 14.2. The molecule has 5 rings (SSSR count). The van der Waals surface area contributed by atoms with Crippen molar-refractivity contribution in [1.82, 2.24) is 34.7 Å². The van der Waals surface area contributed by atoms with Crippen LogP contribution in [0, 0.1) is 0 Å². The summed E-state index contributed by atoms with van der Waals surface area (Å²) in [7, 11) is 0. The second kappa shape index (κ2) is 16.1. The van der Waals surface area contributed by atoms with Gasteiger partial charge in [-0.05, 0) is 66.0 Å². The number of imidazole rings is 1. The smallest absolute Gasteiger partial charge is 0.212 e. The van der Waals surface area contributed by atoms with Crippen molar-refractivity contribution in [3.8, 4) is 22.5 Å². The highest BCUT2D eigenvalue weighted by molar-refractivity contribution is 6.33. The molecule has 0 radical (unpaired) electrons. The number of ketones is 1. The number of aromatic nitrogens is 6. The molecule has 0 aliphatic carbocycles. The van der Waals surface area contributed by atoms with Gasteiger partial charge in [-0.15, -0.1) is 5.10 Å². The fraction of sp³-hybridized carbons (Fsp3) is 0.378. The van der Waals surface area contributed by atoms with Crippen LogP contribution in [0.15, 0.2) is 72.8 Å². The molecule has 0 aliphatic rings. The maximum Gasteiger partial charge on any atom is 0.212 e. The van der Waals surface area contributed by atoms with Gasteiger partial charge in [-0.25, -0.2) is 4.98 Å². The van der Waals surface area contributed by atoms with Crippen molar-refractivity contribution in [3.05, 3.63) is 106 Å². The first-order valence-corrected chi connectivity index (χ1v) is 16.9. The predicted octanol–water partition coefficient (Wildman–Crippen LogP) is 7.88. The zero-order valence-corrected chi connectivity index (χ0v) is 28.7. The number of nitrogens with zero attached hydrogens (tertiary/aromatic N) is 7. The van der Waals surface area contributed by atoms with E-state index in [1.165, 1.54) is 5.56 Å². The maximum absolute atomic E-state index is 13.9. The number of carbonyl (C=O) groups excluding carboxylic acids is 1. The molecule has 10 heteroatoms. The first-order valence-electron chi connectivity index (χ1n) is 16.6. The Kier molecular flexibility index (Phi) is 11.7. The predicted molar refractivity (Wildman–Crippen MR) is 186 cm³/mol. The SMILES string of the molecule is CCCCc1nc(Cl)c(C(=O)c2ccc(CN(CC)CC)cc2)n1Cc1ccc(-c2ccccc2-c2nnnn2C(C)OCC)cc1. The number of aryl methyl sites for hydroxylation is 1. The first kappa shape index (κ1) is 34.2. The van der Waals surface area contributed by atoms with Gasteiger partial charge in [-0.1, -0.05) is 112 Å². The van der Waals surface area contributed by atoms with Crippen molar-refractivity contribution >= 4 is 17.4 Å². The molecular weight excluding hydrogens is 610 g/mol. The van der Waals surface area contributed by atoms with Crippen molar-refractivity contribution in [2.75, 3.05) is 19.7 Å². The lowest BCUT2D eigenvalue weighted by Crippen LogP contribution is -2.22. The van der Waals surface area contributed by atoms with Crippen molar-refractivity contribution in [1.29, 1.82) is 0 Å². The average molecular weight is 654 g/mol. The van der Waals surface area contributed by atoms with Gasteiger partial charge in [-0.3, -0.25) is 9.69 Å². The van der Waals surface area contributed by atoms with Crippen molar-refractivity contribution in [2.45, 2.75) is 73.2 Å². The lowest BCUT2D eigenvalue weighted by molar-refractivity contribution is 0.0159. The number of hydrogen-bond donors (Lipinski definition) is 0. The highest BCUT2D eigenvalue weighted by atomic mass is 35.5. The van der Waals surface area contributed by atoms with Gasteiger partial charge in [0.15, 0.2) is 17.2 Å². The van der Waals surface area contributed by atoms with Crippen molar-refractivity contribution in [2.24, 2.45) is 0 Å². The number of halogens is 1. The van der Waals surface area contributed by atoms with Crippen LogP contribution in [-0.4, -0.2) is 60.1 Å². The normalized spacial score (nSPS) is 12.1. The minimum Gasteiger partial charge on any atom is -0.357 e. The Hall–Kier alpha value is -4.18. The molecule has 0 spiro atoms. The molecule has 0 aliphatic heterocycles. The van der Waals surface area contributed by atoms with E-state index in [0.29, 0.717) is 30.2 Å². The van der Waals surface area contributed by atoms with Crippen LogP contribution < -0.4 is 0 Å². The van der Waals surface area contributed by atoms with Crippen LogP contribution in [0.2, 0.25) is 5.15 Å². The highest BCUT2D eigenvalue weighted by Gasteiger charge is 2.24. The van der Waals surface area contributed by atoms with Crippen LogP contribution in [0.25, 0.3) is 22.5 Å². The zero-order valence-electron chi connectivity index (χ0n) is 28.0. The van der Waals surface area contributed by atoms with Crippen LogP contribution in [0.1, 0.15) is 86.7 Å². The summed E-state index contributed by atoms with van der Waals surface area (Å²) < 4.78 is 9.46. The lowest BCUT2D eigenvalue weighted by Gasteiger charge is -2.18. The van der Waals surface area contributed by atoms with Gasteiger partial charge < -0.3 is 9.30 Å². The lowest BCUT2D eigenvalue weighted by atomic mass is 9.98. The molecule has 0 bridgehead atoms. The summed E-state index contributed by atoms with van der Waals surface area (Å²) in [5.41, 5.74) is 6.19. The minimum atomic E-state index is -0.299. The summed E-state index contributed by atoms with van der Waals surface area (Å²) >= 11 is 6.72. The van der Waals surface area contributed by atoms with E-state index in [9.17, 15) is 4.79 Å². The van der Waals surface area contributed by atoms with Crippen LogP contribution >= 0.6 is 11.6 Å². The maximum atomic E-state index is 13.9. The first-order chi connectivity index (χ1) is 22.9. The zero-order chi connectivity index (χ0) is 33.3. The Balaban J connectivity index is 1.43. The molecule has 0 saturated carbocycles. The number of carbonyl (C=O) groups is 1. The quantitative estimate of drug-likeness (QED) is 0.100. The number of unbranched alkanes of at least 4 members (excludes halogenated alkanes) is 1. The number of benzene rings is 3. The molecule has 0 N–H and O–H groups in total. The number of ether oxygens (including phenoxy) is 1. The third-order valence-electron chi connectivity index (χ3n) is 8.51. The Morgan fingerprint density at radius 3 is 2.26 bits per heavy atom. The molecule has 9 nitrogen and oxygen atoms in total. The number of tetrazole rings is 1. The molecule has 0 fully saturated rings. The second-order valence-corrected chi connectivity index (χ2v) is 11.9. The largest absolute Gasteiger partial charge is 0.357 e. The third-order valence-corrected chi connectivity index (χ3v) is 8.77. The van der Waals surface area contributed by atoms with E-state index in [4.69, 9.17) is 16.3 Å². The summed E-state index contributed by atoms with van der Waals surface area (Å²) in [4.78, 5) is 21.0. The molecule has 246 valence electrons.